The lowest BCUT2D eigenvalue weighted by Crippen LogP contribution is -2.11. The zero-order valence-electron chi connectivity index (χ0n) is 11.9. The predicted octanol–water partition coefficient (Wildman–Crippen LogP) is 5.11. The molecule has 0 saturated carbocycles. The van der Waals surface area contributed by atoms with Gasteiger partial charge in [0.15, 0.2) is 5.78 Å². The van der Waals surface area contributed by atoms with E-state index in [0.717, 1.165) is 18.4 Å². The first-order valence-electron chi connectivity index (χ1n) is 7.02. The molecular formula is C18H19FO. The molecule has 2 heteroatoms. The van der Waals surface area contributed by atoms with E-state index >= 15 is 0 Å². The Balaban J connectivity index is 2.29. The topological polar surface area (TPSA) is 17.1 Å². The van der Waals surface area contributed by atoms with Crippen molar-refractivity contribution >= 4 is 5.78 Å². The van der Waals surface area contributed by atoms with Gasteiger partial charge < -0.3 is 0 Å². The molecule has 0 aliphatic rings. The quantitative estimate of drug-likeness (QED) is 0.690. The molecule has 0 bridgehead atoms. The van der Waals surface area contributed by atoms with Crippen LogP contribution in [0.4, 0.5) is 4.39 Å². The van der Waals surface area contributed by atoms with Crippen molar-refractivity contribution in [3.8, 4) is 11.1 Å². The van der Waals surface area contributed by atoms with Crippen molar-refractivity contribution in [2.24, 2.45) is 5.92 Å². The van der Waals surface area contributed by atoms with Crippen molar-refractivity contribution in [2.75, 3.05) is 0 Å². The minimum absolute atomic E-state index is 0.0189. The maximum absolute atomic E-state index is 14.2. The van der Waals surface area contributed by atoms with E-state index in [2.05, 4.69) is 0 Å². The molecule has 104 valence electrons. The summed E-state index contributed by atoms with van der Waals surface area (Å²) in [5, 5.41) is 0. The van der Waals surface area contributed by atoms with Gasteiger partial charge in [-0.3, -0.25) is 4.79 Å². The molecule has 1 atom stereocenters. The second kappa shape index (κ2) is 6.47. The van der Waals surface area contributed by atoms with Crippen molar-refractivity contribution in [1.29, 1.82) is 0 Å². The average molecular weight is 270 g/mol. The van der Waals surface area contributed by atoms with Gasteiger partial charge in [-0.15, -0.1) is 0 Å². The summed E-state index contributed by atoms with van der Waals surface area (Å²) in [6.07, 6.45) is 1.79. The van der Waals surface area contributed by atoms with Crippen LogP contribution < -0.4 is 0 Å². The van der Waals surface area contributed by atoms with Crippen molar-refractivity contribution in [1.82, 2.24) is 0 Å². The van der Waals surface area contributed by atoms with Crippen LogP contribution in [0.15, 0.2) is 48.5 Å². The minimum atomic E-state index is -0.342. The van der Waals surface area contributed by atoms with Crippen LogP contribution >= 0.6 is 0 Å². The molecule has 0 aliphatic carbocycles. The van der Waals surface area contributed by atoms with Crippen LogP contribution in [-0.2, 0) is 0 Å². The van der Waals surface area contributed by atoms with Gasteiger partial charge in [-0.05, 0) is 18.1 Å². The van der Waals surface area contributed by atoms with Crippen molar-refractivity contribution in [2.45, 2.75) is 26.7 Å². The van der Waals surface area contributed by atoms with E-state index in [9.17, 15) is 9.18 Å². The van der Waals surface area contributed by atoms with Gasteiger partial charge in [-0.1, -0.05) is 62.7 Å². The Labute approximate surface area is 119 Å². The smallest absolute Gasteiger partial charge is 0.165 e. The van der Waals surface area contributed by atoms with Crippen molar-refractivity contribution < 1.29 is 9.18 Å². The summed E-state index contributed by atoms with van der Waals surface area (Å²) in [6, 6.07) is 14.1. The van der Waals surface area contributed by atoms with Crippen LogP contribution in [0.2, 0.25) is 0 Å². The Hall–Kier alpha value is -1.96. The molecule has 2 aromatic carbocycles. The van der Waals surface area contributed by atoms with Crippen LogP contribution in [0.3, 0.4) is 0 Å². The summed E-state index contributed by atoms with van der Waals surface area (Å²) < 4.78 is 14.2. The monoisotopic (exact) mass is 270 g/mol. The Kier molecular flexibility index (Phi) is 4.67. The van der Waals surface area contributed by atoms with E-state index < -0.39 is 0 Å². The van der Waals surface area contributed by atoms with Gasteiger partial charge in [0.25, 0.3) is 0 Å². The molecule has 2 rings (SSSR count). The third kappa shape index (κ3) is 3.13. The minimum Gasteiger partial charge on any atom is -0.294 e. The van der Waals surface area contributed by atoms with Gasteiger partial charge in [0.1, 0.15) is 5.82 Å². The Morgan fingerprint density at radius 1 is 1.15 bits per heavy atom. The zero-order valence-corrected chi connectivity index (χ0v) is 11.9. The molecule has 1 unspecified atom stereocenters. The lowest BCUT2D eigenvalue weighted by Gasteiger charge is -2.10. The van der Waals surface area contributed by atoms with Gasteiger partial charge in [0.2, 0.25) is 0 Å². The van der Waals surface area contributed by atoms with Crippen LogP contribution in [-0.4, -0.2) is 5.78 Å². The standard InChI is InChI=1S/C18H19FO/c1-3-7-13(2)18(20)15-10-11-16(17(19)12-15)14-8-5-4-6-9-14/h4-6,8-13H,3,7H2,1-2H3. The normalized spacial score (nSPS) is 12.2. The molecule has 20 heavy (non-hydrogen) atoms. The molecular weight excluding hydrogens is 251 g/mol. The van der Waals surface area contributed by atoms with Gasteiger partial charge in [-0.25, -0.2) is 4.39 Å². The Morgan fingerprint density at radius 2 is 1.85 bits per heavy atom. The van der Waals surface area contributed by atoms with Gasteiger partial charge in [-0.2, -0.15) is 0 Å². The van der Waals surface area contributed by atoms with Crippen molar-refractivity contribution in [3.05, 3.63) is 59.9 Å². The molecule has 2 aromatic rings. The fourth-order valence-electron chi connectivity index (χ4n) is 2.37. The average Bonchev–Trinajstić information content (AvgIpc) is 2.47. The zero-order chi connectivity index (χ0) is 14.5. The van der Waals surface area contributed by atoms with E-state index in [0.29, 0.717) is 11.1 Å². The Bertz CT molecular complexity index is 590. The SMILES string of the molecule is CCCC(C)C(=O)c1ccc(-c2ccccc2)c(F)c1. The number of ketones is 1. The summed E-state index contributed by atoms with van der Waals surface area (Å²) in [7, 11) is 0. The molecule has 0 fully saturated rings. The molecule has 0 saturated heterocycles. The number of hydrogen-bond donors (Lipinski definition) is 0. The lowest BCUT2D eigenvalue weighted by atomic mass is 9.94. The van der Waals surface area contributed by atoms with Crippen LogP contribution in [0.25, 0.3) is 11.1 Å². The van der Waals surface area contributed by atoms with Gasteiger partial charge in [0, 0.05) is 17.0 Å². The third-order valence-electron chi connectivity index (χ3n) is 3.51. The largest absolute Gasteiger partial charge is 0.294 e. The summed E-state index contributed by atoms with van der Waals surface area (Å²) >= 11 is 0. The molecule has 0 amide bonds. The number of benzene rings is 2. The second-order valence-corrected chi connectivity index (χ2v) is 5.11. The van der Waals surface area contributed by atoms with E-state index in [1.165, 1.54) is 6.07 Å². The van der Waals surface area contributed by atoms with E-state index in [1.807, 2.05) is 44.2 Å². The summed E-state index contributed by atoms with van der Waals surface area (Å²) in [5.74, 6) is -0.377. The lowest BCUT2D eigenvalue weighted by molar-refractivity contribution is 0.0923. The molecule has 0 heterocycles. The number of Topliss-reactive ketones (excluding diaryl/α,β-unsaturated/α-hetero) is 1. The number of carbonyl (C=O) groups is 1. The highest BCUT2D eigenvalue weighted by Crippen LogP contribution is 2.24. The number of halogens is 1. The van der Waals surface area contributed by atoms with Crippen LogP contribution in [0, 0.1) is 11.7 Å². The Morgan fingerprint density at radius 3 is 2.45 bits per heavy atom. The highest BCUT2D eigenvalue weighted by Gasteiger charge is 2.16. The summed E-state index contributed by atoms with van der Waals surface area (Å²) in [4.78, 5) is 12.2. The number of hydrogen-bond acceptors (Lipinski definition) is 1. The molecule has 0 N–H and O–H groups in total. The van der Waals surface area contributed by atoms with Crippen LogP contribution in [0.1, 0.15) is 37.0 Å². The van der Waals surface area contributed by atoms with Gasteiger partial charge >= 0.3 is 0 Å². The van der Waals surface area contributed by atoms with E-state index in [4.69, 9.17) is 0 Å². The first-order chi connectivity index (χ1) is 9.63. The molecule has 0 spiro atoms. The van der Waals surface area contributed by atoms with Gasteiger partial charge in [0.05, 0.1) is 0 Å². The van der Waals surface area contributed by atoms with E-state index in [-0.39, 0.29) is 17.5 Å². The molecule has 0 radical (unpaired) electrons. The number of rotatable bonds is 5. The fourth-order valence-corrected chi connectivity index (χ4v) is 2.37. The number of carbonyl (C=O) groups excluding carboxylic acids is 1. The maximum atomic E-state index is 14.2. The second-order valence-electron chi connectivity index (χ2n) is 5.11. The first kappa shape index (κ1) is 14.4. The highest BCUT2D eigenvalue weighted by atomic mass is 19.1. The fraction of sp³-hybridized carbons (Fsp3) is 0.278. The highest BCUT2D eigenvalue weighted by molar-refractivity contribution is 5.98. The van der Waals surface area contributed by atoms with Crippen LogP contribution in [0.5, 0.6) is 0 Å². The van der Waals surface area contributed by atoms with E-state index in [1.54, 1.807) is 12.1 Å². The third-order valence-corrected chi connectivity index (χ3v) is 3.51. The first-order valence-corrected chi connectivity index (χ1v) is 7.02. The molecule has 1 nitrogen and oxygen atoms in total. The summed E-state index contributed by atoms with van der Waals surface area (Å²) in [5.41, 5.74) is 1.82. The molecule has 0 aromatic heterocycles. The summed E-state index contributed by atoms with van der Waals surface area (Å²) in [6.45, 7) is 3.94. The maximum Gasteiger partial charge on any atom is 0.165 e. The molecule has 0 aliphatic heterocycles. The predicted molar refractivity (Wildman–Crippen MR) is 80.2 cm³/mol. The van der Waals surface area contributed by atoms with Crippen molar-refractivity contribution in [3.63, 3.8) is 0 Å².